The average Bonchev–Trinajstić information content (AvgIpc) is 3.03. The van der Waals surface area contributed by atoms with Gasteiger partial charge in [-0.05, 0) is 30.7 Å². The van der Waals surface area contributed by atoms with Gasteiger partial charge in [0.15, 0.2) is 4.34 Å². The van der Waals surface area contributed by atoms with Crippen LogP contribution in [0.4, 0.5) is 5.69 Å². The fraction of sp³-hybridized carbons (Fsp3) is 0.211. The molecule has 0 aliphatic carbocycles. The van der Waals surface area contributed by atoms with E-state index in [2.05, 4.69) is 10.3 Å². The Morgan fingerprint density at radius 3 is 2.77 bits per heavy atom. The number of carbonyl (C=O) groups excluding carboxylic acids is 2. The Balaban J connectivity index is 1.63. The van der Waals surface area contributed by atoms with E-state index in [-0.39, 0.29) is 17.6 Å². The number of thiazole rings is 1. The molecule has 0 aliphatic heterocycles. The lowest BCUT2D eigenvalue weighted by Gasteiger charge is -2.05. The van der Waals surface area contributed by atoms with Crippen LogP contribution in [-0.2, 0) is 20.7 Å². The van der Waals surface area contributed by atoms with E-state index >= 15 is 0 Å². The summed E-state index contributed by atoms with van der Waals surface area (Å²) < 4.78 is 6.69. The molecule has 1 amide bonds. The average molecular weight is 386 g/mol. The number of nitrogens with zero attached hydrogens (tertiary/aromatic N) is 1. The van der Waals surface area contributed by atoms with E-state index in [1.165, 1.54) is 23.1 Å². The van der Waals surface area contributed by atoms with Crippen LogP contribution in [0, 0.1) is 0 Å². The summed E-state index contributed by atoms with van der Waals surface area (Å²) in [4.78, 5) is 28.1. The molecular formula is C19H18N2O3S2. The van der Waals surface area contributed by atoms with Crippen molar-refractivity contribution in [3.63, 3.8) is 0 Å². The number of hydrogen-bond donors (Lipinski definition) is 1. The molecule has 0 radical (unpaired) electrons. The lowest BCUT2D eigenvalue weighted by atomic mass is 10.1. The number of hydrogen-bond acceptors (Lipinski definition) is 6. The van der Waals surface area contributed by atoms with Gasteiger partial charge >= 0.3 is 5.97 Å². The Kier molecular flexibility index (Phi) is 6.25. The molecule has 0 atom stereocenters. The summed E-state index contributed by atoms with van der Waals surface area (Å²) >= 11 is 2.86. The van der Waals surface area contributed by atoms with Crippen LogP contribution in [0.25, 0.3) is 10.2 Å². The number of benzene rings is 2. The van der Waals surface area contributed by atoms with Crippen molar-refractivity contribution in [1.29, 1.82) is 0 Å². The lowest BCUT2D eigenvalue weighted by Crippen LogP contribution is -2.14. The zero-order valence-corrected chi connectivity index (χ0v) is 15.9. The highest BCUT2D eigenvalue weighted by Crippen LogP contribution is 2.31. The minimum Gasteiger partial charge on any atom is -0.465 e. The second kappa shape index (κ2) is 8.82. The molecule has 0 fully saturated rings. The van der Waals surface area contributed by atoms with Gasteiger partial charge in [-0.1, -0.05) is 42.1 Å². The van der Waals surface area contributed by atoms with E-state index in [1.807, 2.05) is 48.5 Å². The molecule has 1 aromatic heterocycles. The van der Waals surface area contributed by atoms with Crippen LogP contribution < -0.4 is 5.32 Å². The molecule has 0 unspecified atom stereocenters. The molecule has 1 N–H and O–H groups in total. The molecule has 3 aromatic rings. The van der Waals surface area contributed by atoms with Crippen LogP contribution in [0.2, 0.25) is 0 Å². The first-order valence-corrected chi connectivity index (χ1v) is 9.97. The van der Waals surface area contributed by atoms with E-state index in [9.17, 15) is 9.59 Å². The van der Waals surface area contributed by atoms with Gasteiger partial charge in [0.2, 0.25) is 5.91 Å². The maximum Gasteiger partial charge on any atom is 0.316 e. The van der Waals surface area contributed by atoms with Gasteiger partial charge in [0.25, 0.3) is 0 Å². The first kappa shape index (κ1) is 18.4. The van der Waals surface area contributed by atoms with Crippen molar-refractivity contribution < 1.29 is 14.3 Å². The Morgan fingerprint density at radius 2 is 2.00 bits per heavy atom. The molecule has 26 heavy (non-hydrogen) atoms. The number of fused-ring (bicyclic) bond motifs is 1. The number of thioether (sulfide) groups is 1. The number of ether oxygens (including phenoxy) is 1. The monoisotopic (exact) mass is 386 g/mol. The number of rotatable bonds is 7. The molecule has 1 heterocycles. The summed E-state index contributed by atoms with van der Waals surface area (Å²) in [5.41, 5.74) is 2.56. The van der Waals surface area contributed by atoms with Gasteiger partial charge in [0.1, 0.15) is 0 Å². The van der Waals surface area contributed by atoms with Gasteiger partial charge in [-0.15, -0.1) is 11.3 Å². The van der Waals surface area contributed by atoms with Gasteiger partial charge < -0.3 is 10.1 Å². The standard InChI is InChI=1S/C19H18N2O3S2/c1-2-24-18(23)12-25-19-21-15-9-8-14(11-16(15)26-19)20-17(22)10-13-6-4-3-5-7-13/h3-9,11H,2,10,12H2,1H3,(H,20,22). The van der Waals surface area contributed by atoms with Crippen LogP contribution in [0.3, 0.4) is 0 Å². The van der Waals surface area contributed by atoms with Crippen LogP contribution >= 0.6 is 23.1 Å². The molecule has 0 spiro atoms. The minimum absolute atomic E-state index is 0.0584. The zero-order valence-electron chi connectivity index (χ0n) is 14.2. The first-order valence-electron chi connectivity index (χ1n) is 8.17. The number of carbonyl (C=O) groups is 2. The van der Waals surface area contributed by atoms with Crippen LogP contribution in [0.5, 0.6) is 0 Å². The summed E-state index contributed by atoms with van der Waals surface area (Å²) in [7, 11) is 0. The molecule has 0 aliphatic rings. The Labute approximate surface area is 159 Å². The number of aromatic nitrogens is 1. The van der Waals surface area contributed by atoms with Crippen LogP contribution in [0.1, 0.15) is 12.5 Å². The van der Waals surface area contributed by atoms with Gasteiger partial charge in [-0.2, -0.15) is 0 Å². The highest BCUT2D eigenvalue weighted by atomic mass is 32.2. The van der Waals surface area contributed by atoms with Gasteiger partial charge in [0, 0.05) is 5.69 Å². The third-order valence-electron chi connectivity index (χ3n) is 3.48. The van der Waals surface area contributed by atoms with Crippen molar-refractivity contribution >= 4 is 50.9 Å². The third-order valence-corrected chi connectivity index (χ3v) is 5.61. The molecule has 2 aromatic carbocycles. The fourth-order valence-electron chi connectivity index (χ4n) is 2.35. The summed E-state index contributed by atoms with van der Waals surface area (Å²) in [5, 5.41) is 2.92. The maximum absolute atomic E-state index is 12.2. The van der Waals surface area contributed by atoms with Crippen molar-refractivity contribution in [2.45, 2.75) is 17.7 Å². The highest BCUT2D eigenvalue weighted by molar-refractivity contribution is 8.01. The summed E-state index contributed by atoms with van der Waals surface area (Å²) in [6.07, 6.45) is 0.336. The van der Waals surface area contributed by atoms with Gasteiger partial charge in [-0.25, -0.2) is 4.98 Å². The summed E-state index contributed by atoms with van der Waals surface area (Å²) in [6, 6.07) is 15.2. The largest absolute Gasteiger partial charge is 0.465 e. The van der Waals surface area contributed by atoms with Gasteiger partial charge in [0.05, 0.1) is 29.0 Å². The van der Waals surface area contributed by atoms with Crippen LogP contribution in [-0.4, -0.2) is 29.2 Å². The van der Waals surface area contributed by atoms with Crippen LogP contribution in [0.15, 0.2) is 52.9 Å². The molecule has 134 valence electrons. The molecule has 3 rings (SSSR count). The van der Waals surface area contributed by atoms with Crippen molar-refractivity contribution in [2.75, 3.05) is 17.7 Å². The number of nitrogens with one attached hydrogen (secondary N) is 1. The molecule has 0 bridgehead atoms. The topological polar surface area (TPSA) is 68.3 Å². The second-order valence-electron chi connectivity index (χ2n) is 5.47. The fourth-order valence-corrected chi connectivity index (χ4v) is 4.26. The van der Waals surface area contributed by atoms with Crippen molar-refractivity contribution in [3.8, 4) is 0 Å². The predicted molar refractivity (Wildman–Crippen MR) is 106 cm³/mol. The smallest absolute Gasteiger partial charge is 0.316 e. The van der Waals surface area contributed by atoms with E-state index in [4.69, 9.17) is 4.74 Å². The third kappa shape index (κ3) is 5.06. The SMILES string of the molecule is CCOC(=O)CSc1nc2ccc(NC(=O)Cc3ccccc3)cc2s1. The van der Waals surface area contributed by atoms with Crippen molar-refractivity contribution in [1.82, 2.24) is 4.98 Å². The summed E-state index contributed by atoms with van der Waals surface area (Å²) in [6.45, 7) is 2.17. The normalized spacial score (nSPS) is 10.7. The van der Waals surface area contributed by atoms with Gasteiger partial charge in [-0.3, -0.25) is 9.59 Å². The maximum atomic E-state index is 12.2. The lowest BCUT2D eigenvalue weighted by molar-refractivity contribution is -0.139. The molecule has 5 nitrogen and oxygen atoms in total. The number of amides is 1. The Bertz CT molecular complexity index is 910. The van der Waals surface area contributed by atoms with E-state index in [1.54, 1.807) is 6.92 Å². The van der Waals surface area contributed by atoms with Crippen molar-refractivity contribution in [3.05, 3.63) is 54.1 Å². The van der Waals surface area contributed by atoms with Crippen molar-refractivity contribution in [2.24, 2.45) is 0 Å². The molecule has 0 saturated carbocycles. The Morgan fingerprint density at radius 1 is 1.19 bits per heavy atom. The molecular weight excluding hydrogens is 368 g/mol. The highest BCUT2D eigenvalue weighted by Gasteiger charge is 2.10. The molecule has 7 heteroatoms. The summed E-state index contributed by atoms with van der Waals surface area (Å²) in [5.74, 6) is -0.0588. The van der Waals surface area contributed by atoms with E-state index in [0.29, 0.717) is 13.0 Å². The minimum atomic E-state index is -0.245. The first-order chi connectivity index (χ1) is 12.6. The van der Waals surface area contributed by atoms with E-state index in [0.717, 1.165) is 25.8 Å². The Hall–Kier alpha value is -2.38. The number of esters is 1. The quantitative estimate of drug-likeness (QED) is 0.488. The number of anilines is 1. The van der Waals surface area contributed by atoms with E-state index < -0.39 is 0 Å². The second-order valence-corrected chi connectivity index (χ2v) is 7.72. The zero-order chi connectivity index (χ0) is 18.4. The predicted octanol–water partition coefficient (Wildman–Crippen LogP) is 4.13. The molecule has 0 saturated heterocycles.